The number of rotatable bonds is 4. The molecule has 0 saturated heterocycles. The van der Waals surface area contributed by atoms with E-state index in [0.717, 1.165) is 6.29 Å². The summed E-state index contributed by atoms with van der Waals surface area (Å²) in [5, 5.41) is 8.83. The second-order valence-electron chi connectivity index (χ2n) is 4.06. The zero-order valence-corrected chi connectivity index (χ0v) is 9.48. The summed E-state index contributed by atoms with van der Waals surface area (Å²) in [6.45, 7) is 3.50. The normalized spacial score (nSPS) is 10.9. The molecule has 1 N–H and O–H groups in total. The predicted molar refractivity (Wildman–Crippen MR) is 59.0 cm³/mol. The predicted octanol–water partition coefficient (Wildman–Crippen LogP) is 1.87. The maximum Gasteiger partial charge on any atom is 0.335 e. The Bertz CT molecular complexity index is 421. The minimum absolute atomic E-state index is 0.141. The average molecular weight is 222 g/mol. The van der Waals surface area contributed by atoms with Gasteiger partial charge in [0.1, 0.15) is 12.0 Å². The first-order valence-corrected chi connectivity index (χ1v) is 4.80. The standard InChI is InChI=1S/C12H14O4/c1-12(2,7-13)9-5-4-8(11(14)15)6-10(9)16-3/h4-7H,1-3H3,(H,14,15). The molecule has 4 nitrogen and oxygen atoms in total. The van der Waals surface area contributed by atoms with Crippen LogP contribution in [0.4, 0.5) is 0 Å². The molecule has 0 radical (unpaired) electrons. The Balaban J connectivity index is 3.32. The van der Waals surface area contributed by atoms with E-state index >= 15 is 0 Å². The number of ether oxygens (including phenoxy) is 1. The van der Waals surface area contributed by atoms with Crippen molar-refractivity contribution in [3.05, 3.63) is 29.3 Å². The summed E-state index contributed by atoms with van der Waals surface area (Å²) in [6.07, 6.45) is 0.811. The molecule has 0 aliphatic rings. The summed E-state index contributed by atoms with van der Waals surface area (Å²) in [6, 6.07) is 4.49. The Hall–Kier alpha value is -1.84. The van der Waals surface area contributed by atoms with Gasteiger partial charge < -0.3 is 14.6 Å². The lowest BCUT2D eigenvalue weighted by molar-refractivity contribution is -0.111. The van der Waals surface area contributed by atoms with Crippen LogP contribution in [0.15, 0.2) is 18.2 Å². The van der Waals surface area contributed by atoms with Crippen molar-refractivity contribution >= 4 is 12.3 Å². The smallest absolute Gasteiger partial charge is 0.335 e. The van der Waals surface area contributed by atoms with Crippen molar-refractivity contribution in [2.75, 3.05) is 7.11 Å². The molecule has 4 heteroatoms. The zero-order chi connectivity index (χ0) is 12.3. The highest BCUT2D eigenvalue weighted by molar-refractivity contribution is 5.88. The van der Waals surface area contributed by atoms with Crippen molar-refractivity contribution in [1.29, 1.82) is 0 Å². The van der Waals surface area contributed by atoms with E-state index in [1.807, 2.05) is 0 Å². The fourth-order valence-corrected chi connectivity index (χ4v) is 1.42. The van der Waals surface area contributed by atoms with Crippen molar-refractivity contribution in [2.24, 2.45) is 0 Å². The number of hydrogen-bond acceptors (Lipinski definition) is 3. The van der Waals surface area contributed by atoms with Gasteiger partial charge in [0, 0.05) is 11.0 Å². The first-order valence-electron chi connectivity index (χ1n) is 4.80. The van der Waals surface area contributed by atoms with Gasteiger partial charge in [0.05, 0.1) is 12.7 Å². The molecule has 0 aliphatic carbocycles. The number of carbonyl (C=O) groups is 2. The molecule has 1 rings (SSSR count). The van der Waals surface area contributed by atoms with Crippen LogP contribution in [0.1, 0.15) is 29.8 Å². The molecule has 0 spiro atoms. The van der Waals surface area contributed by atoms with Gasteiger partial charge in [-0.3, -0.25) is 0 Å². The van der Waals surface area contributed by atoms with E-state index in [1.165, 1.54) is 19.2 Å². The summed E-state index contributed by atoms with van der Waals surface area (Å²) < 4.78 is 5.10. The molecular weight excluding hydrogens is 208 g/mol. The van der Waals surface area contributed by atoms with Crippen LogP contribution in [-0.4, -0.2) is 24.5 Å². The Kier molecular flexibility index (Phi) is 3.32. The Morgan fingerprint density at radius 1 is 1.44 bits per heavy atom. The number of aromatic carboxylic acids is 1. The molecule has 0 fully saturated rings. The van der Waals surface area contributed by atoms with Gasteiger partial charge in [-0.2, -0.15) is 0 Å². The van der Waals surface area contributed by atoms with Crippen LogP contribution >= 0.6 is 0 Å². The SMILES string of the molecule is COc1cc(C(=O)O)ccc1C(C)(C)C=O. The molecule has 0 heterocycles. The lowest BCUT2D eigenvalue weighted by Crippen LogP contribution is -2.20. The van der Waals surface area contributed by atoms with E-state index in [-0.39, 0.29) is 5.56 Å². The number of methoxy groups -OCH3 is 1. The summed E-state index contributed by atoms with van der Waals surface area (Å²) in [5.74, 6) is -0.606. The first-order chi connectivity index (χ1) is 7.42. The molecular formula is C12H14O4. The van der Waals surface area contributed by atoms with Crippen LogP contribution in [0.3, 0.4) is 0 Å². The summed E-state index contributed by atoms with van der Waals surface area (Å²) in [4.78, 5) is 21.7. The Morgan fingerprint density at radius 3 is 2.50 bits per heavy atom. The highest BCUT2D eigenvalue weighted by Gasteiger charge is 2.24. The van der Waals surface area contributed by atoms with Gasteiger partial charge in [-0.05, 0) is 26.0 Å². The van der Waals surface area contributed by atoms with E-state index in [4.69, 9.17) is 9.84 Å². The molecule has 86 valence electrons. The highest BCUT2D eigenvalue weighted by Crippen LogP contribution is 2.30. The largest absolute Gasteiger partial charge is 0.496 e. The maximum absolute atomic E-state index is 10.9. The fraction of sp³-hybridized carbons (Fsp3) is 0.333. The molecule has 0 aliphatic heterocycles. The van der Waals surface area contributed by atoms with Crippen LogP contribution in [0.2, 0.25) is 0 Å². The van der Waals surface area contributed by atoms with Crippen molar-refractivity contribution in [2.45, 2.75) is 19.3 Å². The van der Waals surface area contributed by atoms with Gasteiger partial charge in [-0.15, -0.1) is 0 Å². The molecule has 16 heavy (non-hydrogen) atoms. The molecule has 0 bridgehead atoms. The van der Waals surface area contributed by atoms with Gasteiger partial charge >= 0.3 is 5.97 Å². The fourth-order valence-electron chi connectivity index (χ4n) is 1.42. The van der Waals surface area contributed by atoms with Crippen LogP contribution in [0, 0.1) is 0 Å². The highest BCUT2D eigenvalue weighted by atomic mass is 16.5. The number of carboxylic acids is 1. The van der Waals surface area contributed by atoms with E-state index in [2.05, 4.69) is 0 Å². The monoisotopic (exact) mass is 222 g/mol. The second kappa shape index (κ2) is 4.35. The number of benzene rings is 1. The van der Waals surface area contributed by atoms with Gasteiger partial charge in [0.15, 0.2) is 0 Å². The number of aldehydes is 1. The maximum atomic E-state index is 10.9. The third-order valence-corrected chi connectivity index (χ3v) is 2.44. The van der Waals surface area contributed by atoms with E-state index in [1.54, 1.807) is 19.9 Å². The topological polar surface area (TPSA) is 63.6 Å². The van der Waals surface area contributed by atoms with Crippen LogP contribution < -0.4 is 4.74 Å². The van der Waals surface area contributed by atoms with Gasteiger partial charge in [-0.1, -0.05) is 6.07 Å². The zero-order valence-electron chi connectivity index (χ0n) is 9.48. The molecule has 0 unspecified atom stereocenters. The minimum Gasteiger partial charge on any atom is -0.496 e. The molecule has 0 amide bonds. The van der Waals surface area contributed by atoms with Crippen molar-refractivity contribution in [1.82, 2.24) is 0 Å². The second-order valence-corrected chi connectivity index (χ2v) is 4.06. The van der Waals surface area contributed by atoms with E-state index in [9.17, 15) is 9.59 Å². The lowest BCUT2D eigenvalue weighted by atomic mass is 9.85. The van der Waals surface area contributed by atoms with Gasteiger partial charge in [0.25, 0.3) is 0 Å². The molecule has 1 aromatic rings. The third kappa shape index (κ3) is 2.21. The number of hydrogen-bond donors (Lipinski definition) is 1. The van der Waals surface area contributed by atoms with Gasteiger partial charge in [0.2, 0.25) is 0 Å². The molecule has 0 atom stereocenters. The van der Waals surface area contributed by atoms with Crippen molar-refractivity contribution in [3.63, 3.8) is 0 Å². The lowest BCUT2D eigenvalue weighted by Gasteiger charge is -2.20. The minimum atomic E-state index is -1.02. The summed E-state index contributed by atoms with van der Waals surface area (Å²) >= 11 is 0. The van der Waals surface area contributed by atoms with Gasteiger partial charge in [-0.25, -0.2) is 4.79 Å². The first kappa shape index (κ1) is 12.2. The quantitative estimate of drug-likeness (QED) is 0.790. The van der Waals surface area contributed by atoms with E-state index in [0.29, 0.717) is 11.3 Å². The van der Waals surface area contributed by atoms with E-state index < -0.39 is 11.4 Å². The van der Waals surface area contributed by atoms with Crippen LogP contribution in [0.5, 0.6) is 5.75 Å². The molecule has 1 aromatic carbocycles. The third-order valence-electron chi connectivity index (χ3n) is 2.44. The van der Waals surface area contributed by atoms with Crippen LogP contribution in [0.25, 0.3) is 0 Å². The Labute approximate surface area is 93.9 Å². The van der Waals surface area contributed by atoms with Crippen molar-refractivity contribution < 1.29 is 19.4 Å². The summed E-state index contributed by atoms with van der Waals surface area (Å²) in [5.41, 5.74) is 0.125. The molecule has 0 saturated carbocycles. The average Bonchev–Trinajstić information content (AvgIpc) is 2.28. The number of carbonyl (C=O) groups excluding carboxylic acids is 1. The number of carboxylic acid groups (broad SMARTS) is 1. The Morgan fingerprint density at radius 2 is 2.06 bits per heavy atom. The summed E-state index contributed by atoms with van der Waals surface area (Å²) in [7, 11) is 1.45. The molecule has 0 aromatic heterocycles. The van der Waals surface area contributed by atoms with Crippen LogP contribution in [-0.2, 0) is 10.2 Å². The van der Waals surface area contributed by atoms with Crippen molar-refractivity contribution in [3.8, 4) is 5.75 Å².